The van der Waals surface area contributed by atoms with Crippen LogP contribution < -0.4 is 5.32 Å². The van der Waals surface area contributed by atoms with E-state index in [4.69, 9.17) is 16.0 Å². The molecule has 0 radical (unpaired) electrons. The monoisotopic (exact) mass is 416 g/mol. The molecule has 1 N–H and O–H groups in total. The van der Waals surface area contributed by atoms with Gasteiger partial charge in [-0.25, -0.2) is 4.79 Å². The number of hydrogen-bond donors (Lipinski definition) is 1. The molecule has 1 aromatic heterocycles. The first-order chi connectivity index (χ1) is 14.0. The largest absolute Gasteiger partial charge is 0.468 e. The highest BCUT2D eigenvalue weighted by atomic mass is 35.5. The van der Waals surface area contributed by atoms with E-state index in [1.165, 1.54) is 0 Å². The second-order valence-electron chi connectivity index (χ2n) is 7.13. The van der Waals surface area contributed by atoms with Crippen molar-refractivity contribution in [3.8, 4) is 0 Å². The molecule has 2 fully saturated rings. The second-order valence-corrected chi connectivity index (χ2v) is 7.57. The third-order valence-electron chi connectivity index (χ3n) is 5.16. The maximum atomic E-state index is 12.8. The van der Waals surface area contributed by atoms with Crippen LogP contribution in [0.1, 0.15) is 11.3 Å². The van der Waals surface area contributed by atoms with Crippen LogP contribution in [0, 0.1) is 0 Å². The summed E-state index contributed by atoms with van der Waals surface area (Å²) in [5, 5.41) is 3.35. The lowest BCUT2D eigenvalue weighted by atomic mass is 10.2. The third-order valence-corrected chi connectivity index (χ3v) is 5.41. The maximum Gasteiger partial charge on any atom is 0.328 e. The predicted octanol–water partition coefficient (Wildman–Crippen LogP) is 1.70. The van der Waals surface area contributed by atoms with Crippen molar-refractivity contribution in [3.05, 3.63) is 59.0 Å². The number of halogens is 1. The van der Waals surface area contributed by atoms with Gasteiger partial charge in [-0.15, -0.1) is 0 Å². The van der Waals surface area contributed by atoms with E-state index in [2.05, 4.69) is 10.2 Å². The Kier molecular flexibility index (Phi) is 5.55. The van der Waals surface area contributed by atoms with Gasteiger partial charge in [0, 0.05) is 31.2 Å². The zero-order chi connectivity index (χ0) is 20.4. The van der Waals surface area contributed by atoms with Gasteiger partial charge >= 0.3 is 6.03 Å². The molecule has 0 aliphatic carbocycles. The van der Waals surface area contributed by atoms with Gasteiger partial charge in [-0.05, 0) is 29.8 Å². The summed E-state index contributed by atoms with van der Waals surface area (Å²) in [7, 11) is 0. The minimum Gasteiger partial charge on any atom is -0.468 e. The number of fused-ring (bicyclic) bond motifs is 1. The van der Waals surface area contributed by atoms with Crippen molar-refractivity contribution < 1.29 is 18.8 Å². The zero-order valence-corrected chi connectivity index (χ0v) is 16.5. The van der Waals surface area contributed by atoms with E-state index >= 15 is 0 Å². The number of rotatable bonds is 6. The van der Waals surface area contributed by atoms with Crippen molar-refractivity contribution in [2.45, 2.75) is 19.1 Å². The van der Waals surface area contributed by atoms with Gasteiger partial charge in [-0.1, -0.05) is 23.7 Å². The molecule has 4 amide bonds. The Morgan fingerprint density at radius 3 is 2.69 bits per heavy atom. The topological polar surface area (TPSA) is 86.1 Å². The molecule has 2 aromatic rings. The van der Waals surface area contributed by atoms with E-state index in [9.17, 15) is 14.4 Å². The van der Waals surface area contributed by atoms with Crippen LogP contribution in [0.5, 0.6) is 0 Å². The van der Waals surface area contributed by atoms with Gasteiger partial charge in [0.15, 0.2) is 0 Å². The normalized spacial score (nSPS) is 19.6. The number of imide groups is 1. The van der Waals surface area contributed by atoms with Crippen molar-refractivity contribution in [2.75, 3.05) is 26.2 Å². The van der Waals surface area contributed by atoms with Gasteiger partial charge in [0.05, 0.1) is 12.8 Å². The number of carbonyl (C=O) groups excluding carboxylic acids is 3. The highest BCUT2D eigenvalue weighted by Crippen LogP contribution is 2.23. The Morgan fingerprint density at radius 2 is 1.97 bits per heavy atom. The summed E-state index contributed by atoms with van der Waals surface area (Å²) in [5.41, 5.74) is 0.882. The SMILES string of the molecule is O=C(CN1C(=O)C2CN(Cc3ccco3)CCN2C1=O)NCc1ccc(Cl)cc1. The number of hydrogen-bond acceptors (Lipinski definition) is 5. The van der Waals surface area contributed by atoms with Gasteiger partial charge in [-0.3, -0.25) is 19.4 Å². The van der Waals surface area contributed by atoms with Gasteiger partial charge in [0.2, 0.25) is 5.91 Å². The molecule has 1 atom stereocenters. The first kappa shape index (κ1) is 19.5. The third kappa shape index (κ3) is 4.28. The van der Waals surface area contributed by atoms with Gasteiger partial charge < -0.3 is 14.6 Å². The molecule has 2 saturated heterocycles. The van der Waals surface area contributed by atoms with Gasteiger partial charge in [0.1, 0.15) is 18.3 Å². The molecule has 2 aliphatic heterocycles. The predicted molar refractivity (Wildman–Crippen MR) is 105 cm³/mol. The van der Waals surface area contributed by atoms with Crippen molar-refractivity contribution in [1.29, 1.82) is 0 Å². The maximum absolute atomic E-state index is 12.8. The molecule has 152 valence electrons. The lowest BCUT2D eigenvalue weighted by molar-refractivity contribution is -0.133. The molecule has 2 aliphatic rings. The number of carbonyl (C=O) groups is 3. The summed E-state index contributed by atoms with van der Waals surface area (Å²) in [5.74, 6) is 0.100. The molecular formula is C20H21ClN4O4. The fourth-order valence-electron chi connectivity index (χ4n) is 3.62. The van der Waals surface area contributed by atoms with Crippen molar-refractivity contribution in [2.24, 2.45) is 0 Å². The summed E-state index contributed by atoms with van der Waals surface area (Å²) >= 11 is 5.85. The first-order valence-electron chi connectivity index (χ1n) is 9.39. The molecular weight excluding hydrogens is 396 g/mol. The summed E-state index contributed by atoms with van der Waals surface area (Å²) in [4.78, 5) is 42.3. The quantitative estimate of drug-likeness (QED) is 0.724. The van der Waals surface area contributed by atoms with E-state index in [1.807, 2.05) is 24.3 Å². The Morgan fingerprint density at radius 1 is 1.17 bits per heavy atom. The average molecular weight is 417 g/mol. The van der Waals surface area contributed by atoms with Crippen molar-refractivity contribution in [1.82, 2.24) is 20.0 Å². The van der Waals surface area contributed by atoms with E-state index in [0.29, 0.717) is 37.7 Å². The minimum atomic E-state index is -0.560. The molecule has 8 nitrogen and oxygen atoms in total. The highest BCUT2D eigenvalue weighted by Gasteiger charge is 2.48. The smallest absolute Gasteiger partial charge is 0.328 e. The fourth-order valence-corrected chi connectivity index (χ4v) is 3.75. The Bertz CT molecular complexity index is 900. The lowest BCUT2D eigenvalue weighted by Crippen LogP contribution is -2.52. The number of amides is 4. The van der Waals surface area contributed by atoms with E-state index in [0.717, 1.165) is 16.2 Å². The van der Waals surface area contributed by atoms with Crippen LogP contribution in [0.2, 0.25) is 5.02 Å². The fraction of sp³-hybridized carbons (Fsp3) is 0.350. The average Bonchev–Trinajstić information content (AvgIpc) is 3.30. The molecule has 0 spiro atoms. The van der Waals surface area contributed by atoms with Crippen LogP contribution in [0.15, 0.2) is 47.1 Å². The van der Waals surface area contributed by atoms with E-state index in [1.54, 1.807) is 23.3 Å². The molecule has 0 bridgehead atoms. The van der Waals surface area contributed by atoms with Gasteiger partial charge in [-0.2, -0.15) is 0 Å². The van der Waals surface area contributed by atoms with Crippen LogP contribution in [0.3, 0.4) is 0 Å². The van der Waals surface area contributed by atoms with E-state index in [-0.39, 0.29) is 18.4 Å². The van der Waals surface area contributed by atoms with Crippen LogP contribution in [-0.2, 0) is 22.7 Å². The number of nitrogens with zero attached hydrogens (tertiary/aromatic N) is 3. The standard InChI is InChI=1S/C20H21ClN4O4/c21-15-5-3-14(4-6-15)10-22-18(26)13-25-19(27)17-12-23(7-8-24(17)20(25)28)11-16-2-1-9-29-16/h1-6,9,17H,7-8,10-13H2,(H,22,26). The number of urea groups is 1. The Labute approximate surface area is 173 Å². The van der Waals surface area contributed by atoms with Crippen molar-refractivity contribution in [3.63, 3.8) is 0 Å². The zero-order valence-electron chi connectivity index (χ0n) is 15.7. The van der Waals surface area contributed by atoms with Crippen molar-refractivity contribution >= 4 is 29.4 Å². The minimum absolute atomic E-state index is 0.281. The molecule has 4 rings (SSSR count). The first-order valence-corrected chi connectivity index (χ1v) is 9.77. The molecule has 1 unspecified atom stereocenters. The number of piperazine rings is 1. The summed E-state index contributed by atoms with van der Waals surface area (Å²) < 4.78 is 5.36. The second kappa shape index (κ2) is 8.26. The van der Waals surface area contributed by atoms with Crippen LogP contribution in [0.25, 0.3) is 0 Å². The molecule has 29 heavy (non-hydrogen) atoms. The summed E-state index contributed by atoms with van der Waals surface area (Å²) in [6, 6.07) is 9.83. The highest BCUT2D eigenvalue weighted by molar-refractivity contribution is 6.30. The van der Waals surface area contributed by atoms with Crippen LogP contribution >= 0.6 is 11.6 Å². The Balaban J connectivity index is 1.33. The van der Waals surface area contributed by atoms with Crippen LogP contribution in [-0.4, -0.2) is 64.8 Å². The number of nitrogens with one attached hydrogen (secondary N) is 1. The van der Waals surface area contributed by atoms with E-state index < -0.39 is 12.1 Å². The molecule has 1 aromatic carbocycles. The number of furan rings is 1. The van der Waals surface area contributed by atoms with Crippen LogP contribution in [0.4, 0.5) is 4.79 Å². The molecule has 9 heteroatoms. The molecule has 3 heterocycles. The van der Waals surface area contributed by atoms with Gasteiger partial charge in [0.25, 0.3) is 5.91 Å². The molecule has 0 saturated carbocycles. The Hall–Kier alpha value is -2.84. The summed E-state index contributed by atoms with van der Waals surface area (Å²) in [6.07, 6.45) is 1.61. The number of benzene rings is 1. The lowest BCUT2D eigenvalue weighted by Gasteiger charge is -2.34. The summed E-state index contributed by atoms with van der Waals surface area (Å²) in [6.45, 7) is 2.12.